The number of rotatable bonds is 4. The largest absolute Gasteiger partial charge is 0.327 e. The molecule has 1 atom stereocenters. The predicted molar refractivity (Wildman–Crippen MR) is 97.8 cm³/mol. The van der Waals surface area contributed by atoms with E-state index in [1.165, 1.54) is 29.2 Å². The van der Waals surface area contributed by atoms with Crippen molar-refractivity contribution < 1.29 is 9.18 Å². The van der Waals surface area contributed by atoms with Crippen LogP contribution in [0.3, 0.4) is 0 Å². The molecule has 142 valence electrons. The highest BCUT2D eigenvalue weighted by Gasteiger charge is 2.33. The summed E-state index contributed by atoms with van der Waals surface area (Å²) in [6.45, 7) is 5.87. The Morgan fingerprint density at radius 1 is 1.46 bits per heavy atom. The van der Waals surface area contributed by atoms with E-state index in [2.05, 4.69) is 34.7 Å². The van der Waals surface area contributed by atoms with E-state index < -0.39 is 5.82 Å². The minimum Gasteiger partial charge on any atom is -0.327 e. The van der Waals surface area contributed by atoms with E-state index in [9.17, 15) is 9.18 Å². The molecule has 0 bridgehead atoms. The maximum atomic E-state index is 14.0. The maximum Gasteiger partial charge on any atom is 0.238 e. The summed E-state index contributed by atoms with van der Waals surface area (Å²) in [5.41, 5.74) is 6.73. The SMILES string of the molecule is CC1(C)CN(CC(=O)Nc2cc(-n3cnnn3)ccc2F)CCC1N.Cl. The molecule has 1 aliphatic heterocycles. The monoisotopic (exact) mass is 383 g/mol. The first-order valence-corrected chi connectivity index (χ1v) is 8.16. The van der Waals surface area contributed by atoms with Gasteiger partial charge in [-0.1, -0.05) is 13.8 Å². The number of nitrogens with zero attached hydrogens (tertiary/aromatic N) is 5. The molecule has 10 heteroatoms. The molecule has 26 heavy (non-hydrogen) atoms. The Morgan fingerprint density at radius 3 is 2.88 bits per heavy atom. The van der Waals surface area contributed by atoms with Crippen LogP contribution in [-0.4, -0.2) is 56.7 Å². The van der Waals surface area contributed by atoms with Gasteiger partial charge in [0.15, 0.2) is 0 Å². The van der Waals surface area contributed by atoms with E-state index >= 15 is 0 Å². The molecule has 1 fully saturated rings. The lowest BCUT2D eigenvalue weighted by atomic mass is 9.80. The Balaban J connectivity index is 0.00000243. The third-order valence-electron chi connectivity index (χ3n) is 4.60. The maximum absolute atomic E-state index is 14.0. The normalized spacial score (nSPS) is 19.6. The summed E-state index contributed by atoms with van der Waals surface area (Å²) in [6.07, 6.45) is 2.24. The highest BCUT2D eigenvalue weighted by molar-refractivity contribution is 5.92. The van der Waals surface area contributed by atoms with Gasteiger partial charge in [0.1, 0.15) is 12.1 Å². The molecule has 3 rings (SSSR count). The van der Waals surface area contributed by atoms with E-state index in [0.717, 1.165) is 19.5 Å². The third kappa shape index (κ3) is 4.54. The van der Waals surface area contributed by atoms with Crippen LogP contribution < -0.4 is 11.1 Å². The average Bonchev–Trinajstić information content (AvgIpc) is 3.07. The fourth-order valence-corrected chi connectivity index (χ4v) is 3.04. The van der Waals surface area contributed by atoms with Gasteiger partial charge in [-0.15, -0.1) is 17.5 Å². The Kier molecular flexibility index (Phi) is 6.27. The number of amides is 1. The predicted octanol–water partition coefficient (Wildman–Crippen LogP) is 1.22. The van der Waals surface area contributed by atoms with Crippen molar-refractivity contribution in [3.05, 3.63) is 30.3 Å². The van der Waals surface area contributed by atoms with Crippen LogP contribution in [0.5, 0.6) is 0 Å². The molecular formula is C16H23ClFN7O. The average molecular weight is 384 g/mol. The standard InChI is InChI=1S/C16H22FN7O.ClH/c1-16(2)9-23(6-5-14(16)18)8-15(25)20-13-7-11(3-4-12(13)17)24-10-19-21-22-24;/h3-4,7,10,14H,5-6,8-9,18H2,1-2H3,(H,20,25);1H. The number of piperidine rings is 1. The molecule has 8 nitrogen and oxygen atoms in total. The van der Waals surface area contributed by atoms with Gasteiger partial charge in [-0.25, -0.2) is 9.07 Å². The number of halogens is 2. The zero-order chi connectivity index (χ0) is 18.0. The van der Waals surface area contributed by atoms with Gasteiger partial charge in [-0.3, -0.25) is 9.69 Å². The van der Waals surface area contributed by atoms with Crippen molar-refractivity contribution in [2.24, 2.45) is 11.1 Å². The van der Waals surface area contributed by atoms with E-state index in [1.54, 1.807) is 0 Å². The second-order valence-electron chi connectivity index (χ2n) is 7.06. The lowest BCUT2D eigenvalue weighted by Gasteiger charge is -2.42. The summed E-state index contributed by atoms with van der Waals surface area (Å²) < 4.78 is 15.4. The van der Waals surface area contributed by atoms with Gasteiger partial charge in [-0.05, 0) is 40.5 Å². The first kappa shape index (κ1) is 20.2. The number of hydrogen-bond acceptors (Lipinski definition) is 6. The summed E-state index contributed by atoms with van der Waals surface area (Å²) in [5, 5.41) is 13.5. The summed E-state index contributed by atoms with van der Waals surface area (Å²) in [4.78, 5) is 14.4. The van der Waals surface area contributed by atoms with Crippen LogP contribution in [0, 0.1) is 11.2 Å². The molecule has 0 radical (unpaired) electrons. The molecule has 1 amide bonds. The quantitative estimate of drug-likeness (QED) is 0.823. The number of carbonyl (C=O) groups excluding carboxylic acids is 1. The van der Waals surface area contributed by atoms with E-state index in [4.69, 9.17) is 5.73 Å². The summed E-state index contributed by atoms with van der Waals surface area (Å²) in [6, 6.07) is 4.43. The molecule has 0 spiro atoms. The number of anilines is 1. The summed E-state index contributed by atoms with van der Waals surface area (Å²) >= 11 is 0. The van der Waals surface area contributed by atoms with Crippen molar-refractivity contribution >= 4 is 24.0 Å². The van der Waals surface area contributed by atoms with Crippen molar-refractivity contribution in [3.63, 3.8) is 0 Å². The van der Waals surface area contributed by atoms with Crippen LogP contribution in [0.15, 0.2) is 24.5 Å². The van der Waals surface area contributed by atoms with Crippen molar-refractivity contribution in [2.45, 2.75) is 26.3 Å². The first-order valence-electron chi connectivity index (χ1n) is 8.16. The van der Waals surface area contributed by atoms with Gasteiger partial charge in [0.25, 0.3) is 0 Å². The van der Waals surface area contributed by atoms with Crippen LogP contribution >= 0.6 is 12.4 Å². The highest BCUT2D eigenvalue weighted by Crippen LogP contribution is 2.27. The van der Waals surface area contributed by atoms with E-state index in [-0.39, 0.29) is 42.0 Å². The topological polar surface area (TPSA) is 102 Å². The summed E-state index contributed by atoms with van der Waals surface area (Å²) in [5.74, 6) is -0.773. The molecule has 1 unspecified atom stereocenters. The second-order valence-corrected chi connectivity index (χ2v) is 7.06. The van der Waals surface area contributed by atoms with Crippen molar-refractivity contribution in [3.8, 4) is 5.69 Å². The Morgan fingerprint density at radius 2 is 2.23 bits per heavy atom. The lowest BCUT2D eigenvalue weighted by molar-refractivity contribution is -0.118. The number of nitrogens with one attached hydrogen (secondary N) is 1. The number of tetrazole rings is 1. The minimum atomic E-state index is -0.508. The van der Waals surface area contributed by atoms with Gasteiger partial charge in [0, 0.05) is 19.1 Å². The number of likely N-dealkylation sites (tertiary alicyclic amines) is 1. The second kappa shape index (κ2) is 8.07. The van der Waals surface area contributed by atoms with Gasteiger partial charge in [0.2, 0.25) is 5.91 Å². The molecule has 0 aliphatic carbocycles. The fourth-order valence-electron chi connectivity index (χ4n) is 3.04. The van der Waals surface area contributed by atoms with Gasteiger partial charge in [-0.2, -0.15) is 0 Å². The van der Waals surface area contributed by atoms with Crippen LogP contribution in [0.4, 0.5) is 10.1 Å². The van der Waals surface area contributed by atoms with Crippen LogP contribution in [0.1, 0.15) is 20.3 Å². The smallest absolute Gasteiger partial charge is 0.238 e. The Labute approximate surface area is 157 Å². The van der Waals surface area contributed by atoms with E-state index in [0.29, 0.717) is 5.69 Å². The van der Waals surface area contributed by atoms with Crippen molar-refractivity contribution in [1.29, 1.82) is 0 Å². The Hall–Kier alpha value is -2.10. The molecule has 1 aromatic heterocycles. The number of nitrogens with two attached hydrogens (primary N) is 1. The van der Waals surface area contributed by atoms with Crippen LogP contribution in [0.25, 0.3) is 5.69 Å². The molecule has 2 aromatic rings. The van der Waals surface area contributed by atoms with Crippen molar-refractivity contribution in [1.82, 2.24) is 25.1 Å². The number of carbonyl (C=O) groups is 1. The Bertz CT molecular complexity index is 753. The molecule has 1 aromatic carbocycles. The molecular weight excluding hydrogens is 361 g/mol. The molecule has 1 aliphatic rings. The number of aromatic nitrogens is 4. The molecule has 3 N–H and O–H groups in total. The highest BCUT2D eigenvalue weighted by atomic mass is 35.5. The zero-order valence-corrected chi connectivity index (χ0v) is 15.5. The summed E-state index contributed by atoms with van der Waals surface area (Å²) in [7, 11) is 0. The first-order chi connectivity index (χ1) is 11.8. The van der Waals surface area contributed by atoms with Crippen molar-refractivity contribution in [2.75, 3.05) is 25.0 Å². The number of benzene rings is 1. The lowest BCUT2D eigenvalue weighted by Crippen LogP contribution is -2.53. The fraction of sp³-hybridized carbons (Fsp3) is 0.500. The zero-order valence-electron chi connectivity index (χ0n) is 14.7. The van der Waals surface area contributed by atoms with E-state index in [1.807, 2.05) is 4.90 Å². The van der Waals surface area contributed by atoms with Gasteiger partial charge >= 0.3 is 0 Å². The van der Waals surface area contributed by atoms with Gasteiger partial charge in [0.05, 0.1) is 17.9 Å². The molecule has 0 saturated carbocycles. The van der Waals surface area contributed by atoms with Gasteiger partial charge < -0.3 is 11.1 Å². The molecule has 1 saturated heterocycles. The van der Waals surface area contributed by atoms with Crippen LogP contribution in [0.2, 0.25) is 0 Å². The molecule has 2 heterocycles. The van der Waals surface area contributed by atoms with Crippen LogP contribution in [-0.2, 0) is 4.79 Å². The number of hydrogen-bond donors (Lipinski definition) is 2. The third-order valence-corrected chi connectivity index (χ3v) is 4.60. The minimum absolute atomic E-state index is 0.